The van der Waals surface area contributed by atoms with Crippen molar-refractivity contribution in [3.05, 3.63) is 0 Å². The SMILES string of the molecule is CCCCCCCCCCC(CCCCCC)COS(=O)(=O)[O-].[NH4+]. The van der Waals surface area contributed by atoms with E-state index in [9.17, 15) is 13.0 Å². The van der Waals surface area contributed by atoms with Crippen LogP contribution in [0.4, 0.5) is 0 Å². The Morgan fingerprint density at radius 2 is 1.12 bits per heavy atom. The first-order valence-corrected chi connectivity index (χ1v) is 10.9. The average molecular weight is 368 g/mol. The van der Waals surface area contributed by atoms with Gasteiger partial charge in [0, 0.05) is 0 Å². The number of unbranched alkanes of at least 4 members (excludes halogenated alkanes) is 10. The van der Waals surface area contributed by atoms with Crippen molar-refractivity contribution < 1.29 is 17.2 Å². The number of hydrogen-bond donors (Lipinski definition) is 1. The summed E-state index contributed by atoms with van der Waals surface area (Å²) < 4.78 is 36.4. The third-order valence-corrected chi connectivity index (χ3v) is 4.80. The molecular formula is C18H41NO4S. The van der Waals surface area contributed by atoms with Crippen molar-refractivity contribution in [1.82, 2.24) is 6.15 Å². The van der Waals surface area contributed by atoms with Gasteiger partial charge in [-0.15, -0.1) is 0 Å². The van der Waals surface area contributed by atoms with Crippen LogP contribution in [0.25, 0.3) is 0 Å². The Bertz CT molecular complexity index is 347. The summed E-state index contributed by atoms with van der Waals surface area (Å²) in [7, 11) is -4.55. The van der Waals surface area contributed by atoms with Gasteiger partial charge in [-0.1, -0.05) is 90.9 Å². The highest BCUT2D eigenvalue weighted by molar-refractivity contribution is 7.80. The summed E-state index contributed by atoms with van der Waals surface area (Å²) in [5, 5.41) is 0. The van der Waals surface area contributed by atoms with E-state index in [1.807, 2.05) is 0 Å². The van der Waals surface area contributed by atoms with Gasteiger partial charge in [0.15, 0.2) is 0 Å². The van der Waals surface area contributed by atoms with Crippen molar-refractivity contribution in [2.75, 3.05) is 6.61 Å². The molecule has 0 aromatic heterocycles. The Labute approximate surface area is 150 Å². The molecule has 0 saturated carbocycles. The highest BCUT2D eigenvalue weighted by Gasteiger charge is 2.11. The number of hydrogen-bond acceptors (Lipinski definition) is 4. The van der Waals surface area contributed by atoms with Gasteiger partial charge in [-0.2, -0.15) is 0 Å². The van der Waals surface area contributed by atoms with Crippen molar-refractivity contribution in [3.8, 4) is 0 Å². The standard InChI is InChI=1S/C18H38O4S.H3N/c1-3-5-7-9-10-11-12-14-16-18(15-13-8-6-4-2)17-22-23(19,20)21;/h18H,3-17H2,1-2H3,(H,19,20,21);1H3. The quantitative estimate of drug-likeness (QED) is 0.195. The van der Waals surface area contributed by atoms with E-state index in [2.05, 4.69) is 18.0 Å². The van der Waals surface area contributed by atoms with E-state index in [0.717, 1.165) is 25.7 Å². The minimum atomic E-state index is -4.55. The van der Waals surface area contributed by atoms with Crippen molar-refractivity contribution in [2.45, 2.75) is 104 Å². The minimum absolute atomic E-state index is 0. The van der Waals surface area contributed by atoms with E-state index in [-0.39, 0.29) is 18.7 Å². The molecule has 0 aliphatic heterocycles. The van der Waals surface area contributed by atoms with Crippen LogP contribution in [0.1, 0.15) is 104 Å². The summed E-state index contributed by atoms with van der Waals surface area (Å²) >= 11 is 0. The maximum absolute atomic E-state index is 10.6. The van der Waals surface area contributed by atoms with Crippen LogP contribution in [-0.2, 0) is 14.6 Å². The van der Waals surface area contributed by atoms with Crippen molar-refractivity contribution >= 4 is 10.4 Å². The van der Waals surface area contributed by atoms with Gasteiger partial charge in [-0.05, 0) is 18.8 Å². The van der Waals surface area contributed by atoms with E-state index in [0.29, 0.717) is 0 Å². The highest BCUT2D eigenvalue weighted by atomic mass is 32.3. The van der Waals surface area contributed by atoms with Gasteiger partial charge in [0.2, 0.25) is 10.4 Å². The highest BCUT2D eigenvalue weighted by Crippen LogP contribution is 2.20. The van der Waals surface area contributed by atoms with E-state index < -0.39 is 10.4 Å². The summed E-state index contributed by atoms with van der Waals surface area (Å²) in [5.41, 5.74) is 0. The topological polar surface area (TPSA) is 103 Å². The van der Waals surface area contributed by atoms with Gasteiger partial charge in [0.25, 0.3) is 0 Å². The summed E-state index contributed by atoms with van der Waals surface area (Å²) in [6.07, 6.45) is 16.7. The lowest BCUT2D eigenvalue weighted by Crippen LogP contribution is -2.14. The van der Waals surface area contributed by atoms with E-state index in [1.54, 1.807) is 0 Å². The van der Waals surface area contributed by atoms with Gasteiger partial charge < -0.3 is 10.7 Å². The Morgan fingerprint density at radius 1 is 0.750 bits per heavy atom. The summed E-state index contributed by atoms with van der Waals surface area (Å²) in [4.78, 5) is 0. The summed E-state index contributed by atoms with van der Waals surface area (Å²) in [6.45, 7) is 4.46. The second-order valence-electron chi connectivity index (χ2n) is 6.67. The molecule has 0 heterocycles. The van der Waals surface area contributed by atoms with Crippen LogP contribution >= 0.6 is 0 Å². The fourth-order valence-corrected chi connectivity index (χ4v) is 3.28. The third kappa shape index (κ3) is 19.9. The average Bonchev–Trinajstić information content (AvgIpc) is 2.50. The molecule has 0 aromatic rings. The maximum Gasteiger partial charge on any atom is 0.217 e. The van der Waals surface area contributed by atoms with Crippen LogP contribution in [-0.4, -0.2) is 19.6 Å². The molecule has 0 fully saturated rings. The van der Waals surface area contributed by atoms with E-state index in [4.69, 9.17) is 0 Å². The van der Waals surface area contributed by atoms with Gasteiger partial charge >= 0.3 is 0 Å². The van der Waals surface area contributed by atoms with Gasteiger partial charge in [-0.25, -0.2) is 8.42 Å². The predicted octanol–water partition coefficient (Wildman–Crippen LogP) is 5.96. The predicted molar refractivity (Wildman–Crippen MR) is 101 cm³/mol. The van der Waals surface area contributed by atoms with Crippen molar-refractivity contribution in [2.24, 2.45) is 5.92 Å². The molecule has 1 unspecified atom stereocenters. The first-order valence-electron chi connectivity index (χ1n) is 9.59. The second kappa shape index (κ2) is 17.6. The lowest BCUT2D eigenvalue weighted by molar-refractivity contribution is 0.201. The molecule has 0 rings (SSSR count). The van der Waals surface area contributed by atoms with Crippen molar-refractivity contribution in [1.29, 1.82) is 0 Å². The molecule has 0 amide bonds. The Balaban J connectivity index is 0. The zero-order valence-corrected chi connectivity index (χ0v) is 17.0. The van der Waals surface area contributed by atoms with Crippen LogP contribution in [0.2, 0.25) is 0 Å². The Kier molecular flexibility index (Phi) is 19.2. The van der Waals surface area contributed by atoms with Crippen LogP contribution in [0.5, 0.6) is 0 Å². The third-order valence-electron chi connectivity index (χ3n) is 4.38. The molecule has 24 heavy (non-hydrogen) atoms. The molecule has 0 bridgehead atoms. The lowest BCUT2D eigenvalue weighted by Gasteiger charge is -2.18. The monoisotopic (exact) mass is 367 g/mol. The van der Waals surface area contributed by atoms with Crippen LogP contribution in [0.3, 0.4) is 0 Å². The van der Waals surface area contributed by atoms with Crippen LogP contribution < -0.4 is 6.15 Å². The largest absolute Gasteiger partial charge is 0.726 e. The van der Waals surface area contributed by atoms with Crippen LogP contribution in [0, 0.1) is 5.92 Å². The Hall–Kier alpha value is -0.170. The number of quaternary nitrogens is 1. The van der Waals surface area contributed by atoms with E-state index in [1.165, 1.54) is 64.2 Å². The Morgan fingerprint density at radius 3 is 1.54 bits per heavy atom. The summed E-state index contributed by atoms with van der Waals surface area (Å²) in [6, 6.07) is 0. The lowest BCUT2D eigenvalue weighted by atomic mass is 9.95. The minimum Gasteiger partial charge on any atom is -0.726 e. The molecule has 0 spiro atoms. The van der Waals surface area contributed by atoms with E-state index >= 15 is 0 Å². The molecule has 1 atom stereocenters. The second-order valence-corrected chi connectivity index (χ2v) is 7.72. The fourth-order valence-electron chi connectivity index (χ4n) is 2.92. The first-order chi connectivity index (χ1) is 11.0. The zero-order valence-electron chi connectivity index (χ0n) is 16.2. The molecule has 0 aromatic carbocycles. The molecule has 0 aliphatic rings. The molecule has 148 valence electrons. The zero-order chi connectivity index (χ0) is 17.4. The van der Waals surface area contributed by atoms with Gasteiger partial charge in [0.05, 0.1) is 6.61 Å². The molecule has 0 saturated heterocycles. The van der Waals surface area contributed by atoms with Gasteiger partial charge in [0.1, 0.15) is 0 Å². The normalized spacial score (nSPS) is 12.8. The van der Waals surface area contributed by atoms with Crippen molar-refractivity contribution in [3.63, 3.8) is 0 Å². The molecule has 5 nitrogen and oxygen atoms in total. The fraction of sp³-hybridized carbons (Fsp3) is 1.00. The van der Waals surface area contributed by atoms with Gasteiger partial charge in [-0.3, -0.25) is 4.18 Å². The molecule has 0 radical (unpaired) electrons. The first kappa shape index (κ1) is 26.1. The molecular weight excluding hydrogens is 326 g/mol. The molecule has 0 aliphatic carbocycles. The summed E-state index contributed by atoms with van der Waals surface area (Å²) in [5.74, 6) is 0.204. The molecule has 6 heteroatoms. The number of rotatable bonds is 17. The van der Waals surface area contributed by atoms with Crippen LogP contribution in [0.15, 0.2) is 0 Å². The molecule has 4 N–H and O–H groups in total. The maximum atomic E-state index is 10.6. The smallest absolute Gasteiger partial charge is 0.217 e.